The van der Waals surface area contributed by atoms with Crippen molar-refractivity contribution >= 4 is 34.1 Å². The van der Waals surface area contributed by atoms with Crippen LogP contribution in [0.1, 0.15) is 17.7 Å². The van der Waals surface area contributed by atoms with Crippen molar-refractivity contribution in [1.82, 2.24) is 15.3 Å². The van der Waals surface area contributed by atoms with E-state index in [1.165, 1.54) is 11.3 Å². The predicted molar refractivity (Wildman–Crippen MR) is 92.0 cm³/mol. The molecule has 1 amide bonds. The number of H-pyrrole nitrogens is 1. The Labute approximate surface area is 142 Å². The van der Waals surface area contributed by atoms with E-state index in [0.717, 1.165) is 22.2 Å². The first kappa shape index (κ1) is 16.2. The fraction of sp³-hybridized carbons (Fsp3) is 0.235. The zero-order valence-corrected chi connectivity index (χ0v) is 13.7. The average molecular weight is 343 g/mol. The number of thiazole rings is 1. The Morgan fingerprint density at radius 3 is 2.92 bits per heavy atom. The summed E-state index contributed by atoms with van der Waals surface area (Å²) in [7, 11) is 0. The number of nitrogens with one attached hydrogen (secondary N) is 2. The molecule has 3 N–H and O–H groups in total. The molecule has 0 fully saturated rings. The van der Waals surface area contributed by atoms with Crippen molar-refractivity contribution in [2.75, 3.05) is 0 Å². The van der Waals surface area contributed by atoms with E-state index in [-0.39, 0.29) is 18.7 Å². The summed E-state index contributed by atoms with van der Waals surface area (Å²) in [6.07, 6.45) is 2.76. The number of aromatic nitrogens is 2. The van der Waals surface area contributed by atoms with Gasteiger partial charge in [0.05, 0.1) is 11.2 Å². The normalized spacial score (nSPS) is 12.2. The number of carboxylic acids is 1. The van der Waals surface area contributed by atoms with Gasteiger partial charge in [0, 0.05) is 35.3 Å². The van der Waals surface area contributed by atoms with E-state index in [1.807, 2.05) is 29.6 Å². The summed E-state index contributed by atoms with van der Waals surface area (Å²) < 4.78 is 0. The highest BCUT2D eigenvalue weighted by atomic mass is 32.1. The Balaban J connectivity index is 1.64. The molecule has 1 aromatic carbocycles. The average Bonchev–Trinajstić information content (AvgIpc) is 3.22. The van der Waals surface area contributed by atoms with Gasteiger partial charge >= 0.3 is 5.97 Å². The number of aryl methyl sites for hydroxylation is 1. The van der Waals surface area contributed by atoms with E-state index in [0.29, 0.717) is 6.42 Å². The summed E-state index contributed by atoms with van der Waals surface area (Å²) in [6, 6.07) is 6.73. The van der Waals surface area contributed by atoms with Gasteiger partial charge in [0.25, 0.3) is 0 Å². The zero-order chi connectivity index (χ0) is 16.9. The van der Waals surface area contributed by atoms with Crippen LogP contribution < -0.4 is 5.32 Å². The number of rotatable bonds is 7. The van der Waals surface area contributed by atoms with E-state index in [2.05, 4.69) is 15.3 Å². The Morgan fingerprint density at radius 2 is 2.17 bits per heavy atom. The van der Waals surface area contributed by atoms with E-state index >= 15 is 0 Å². The molecule has 0 unspecified atom stereocenters. The second-order valence-corrected chi connectivity index (χ2v) is 6.22. The maximum absolute atomic E-state index is 12.0. The van der Waals surface area contributed by atoms with Crippen LogP contribution in [-0.2, 0) is 22.4 Å². The van der Waals surface area contributed by atoms with Gasteiger partial charge in [-0.3, -0.25) is 4.79 Å². The second-order valence-electron chi connectivity index (χ2n) is 5.50. The largest absolute Gasteiger partial charge is 0.480 e. The monoisotopic (exact) mass is 343 g/mol. The molecule has 3 aromatic rings. The van der Waals surface area contributed by atoms with E-state index < -0.39 is 12.0 Å². The highest BCUT2D eigenvalue weighted by Gasteiger charge is 2.21. The number of nitrogens with zero attached hydrogens (tertiary/aromatic N) is 1. The van der Waals surface area contributed by atoms with Gasteiger partial charge in [0.15, 0.2) is 0 Å². The summed E-state index contributed by atoms with van der Waals surface area (Å²) in [5.74, 6) is -1.32. The first-order chi connectivity index (χ1) is 11.6. The van der Waals surface area contributed by atoms with Crippen LogP contribution in [0.2, 0.25) is 0 Å². The van der Waals surface area contributed by atoms with Crippen molar-refractivity contribution in [1.29, 1.82) is 0 Å². The third-order valence-corrected chi connectivity index (χ3v) is 4.46. The van der Waals surface area contributed by atoms with Crippen molar-refractivity contribution < 1.29 is 14.7 Å². The van der Waals surface area contributed by atoms with Crippen LogP contribution in [0, 0.1) is 0 Å². The van der Waals surface area contributed by atoms with Gasteiger partial charge in [-0.05, 0) is 18.1 Å². The lowest BCUT2D eigenvalue weighted by Crippen LogP contribution is -2.42. The lowest BCUT2D eigenvalue weighted by Gasteiger charge is -2.14. The van der Waals surface area contributed by atoms with Crippen LogP contribution in [0.4, 0.5) is 0 Å². The molecule has 24 heavy (non-hydrogen) atoms. The van der Waals surface area contributed by atoms with Crippen LogP contribution in [-0.4, -0.2) is 33.0 Å². The van der Waals surface area contributed by atoms with Gasteiger partial charge in [-0.25, -0.2) is 9.78 Å². The second kappa shape index (κ2) is 7.27. The van der Waals surface area contributed by atoms with Crippen LogP contribution >= 0.6 is 11.3 Å². The summed E-state index contributed by atoms with van der Waals surface area (Å²) >= 11 is 1.47. The fourth-order valence-corrected chi connectivity index (χ4v) is 3.18. The minimum Gasteiger partial charge on any atom is -0.480 e. The molecule has 0 bridgehead atoms. The van der Waals surface area contributed by atoms with Crippen molar-refractivity contribution in [2.24, 2.45) is 0 Å². The van der Waals surface area contributed by atoms with Crippen molar-refractivity contribution in [3.8, 4) is 0 Å². The third-order valence-electron chi connectivity index (χ3n) is 3.82. The number of carbonyl (C=O) groups excluding carboxylic acids is 1. The van der Waals surface area contributed by atoms with Crippen LogP contribution in [0.5, 0.6) is 0 Å². The van der Waals surface area contributed by atoms with Gasteiger partial charge in [-0.15, -0.1) is 11.3 Å². The van der Waals surface area contributed by atoms with Crippen molar-refractivity contribution in [3.63, 3.8) is 0 Å². The predicted octanol–water partition coefficient (Wildman–Crippen LogP) is 2.37. The molecule has 0 radical (unpaired) electrons. The number of benzene rings is 1. The van der Waals surface area contributed by atoms with E-state index in [9.17, 15) is 14.7 Å². The molecule has 0 aliphatic heterocycles. The van der Waals surface area contributed by atoms with Gasteiger partial charge in [-0.1, -0.05) is 18.2 Å². The number of carboxylic acid groups (broad SMARTS) is 1. The molecule has 2 aromatic heterocycles. The number of hydrogen-bond acceptors (Lipinski definition) is 4. The standard InChI is InChI=1S/C17H17N3O3S/c21-16(6-5-12-9-24-10-19-12)20-15(17(22)23)7-11-8-18-14-4-2-1-3-13(11)14/h1-4,8-10,15,18H,5-7H2,(H,20,21)(H,22,23)/t15-/m0/s1. The van der Waals surface area contributed by atoms with Crippen LogP contribution in [0.15, 0.2) is 41.4 Å². The lowest BCUT2D eigenvalue weighted by molar-refractivity contribution is -0.141. The van der Waals surface area contributed by atoms with E-state index in [1.54, 1.807) is 11.7 Å². The van der Waals surface area contributed by atoms with Crippen LogP contribution in [0.25, 0.3) is 10.9 Å². The lowest BCUT2D eigenvalue weighted by atomic mass is 10.0. The molecular formula is C17H17N3O3S. The Morgan fingerprint density at radius 1 is 1.33 bits per heavy atom. The highest BCUT2D eigenvalue weighted by molar-refractivity contribution is 7.07. The van der Waals surface area contributed by atoms with Crippen LogP contribution in [0.3, 0.4) is 0 Å². The molecule has 0 aliphatic rings. The topological polar surface area (TPSA) is 95.1 Å². The molecule has 0 spiro atoms. The maximum Gasteiger partial charge on any atom is 0.326 e. The molecule has 7 heteroatoms. The maximum atomic E-state index is 12.0. The molecule has 0 saturated heterocycles. The summed E-state index contributed by atoms with van der Waals surface area (Å²) in [6.45, 7) is 0. The highest BCUT2D eigenvalue weighted by Crippen LogP contribution is 2.19. The number of aliphatic carboxylic acids is 1. The van der Waals surface area contributed by atoms with Gasteiger partial charge in [-0.2, -0.15) is 0 Å². The summed E-state index contributed by atoms with van der Waals surface area (Å²) in [5, 5.41) is 14.9. The molecular weight excluding hydrogens is 326 g/mol. The third kappa shape index (κ3) is 3.80. The Bertz CT molecular complexity index is 842. The molecule has 2 heterocycles. The molecule has 0 saturated carbocycles. The first-order valence-electron chi connectivity index (χ1n) is 7.57. The minimum atomic E-state index is -1.04. The van der Waals surface area contributed by atoms with E-state index in [4.69, 9.17) is 0 Å². The van der Waals surface area contributed by atoms with Gasteiger partial charge in [0.2, 0.25) is 5.91 Å². The molecule has 124 valence electrons. The minimum absolute atomic E-state index is 0.224. The fourth-order valence-electron chi connectivity index (χ4n) is 2.59. The first-order valence-corrected chi connectivity index (χ1v) is 8.52. The quantitative estimate of drug-likeness (QED) is 0.614. The van der Waals surface area contributed by atoms with Gasteiger partial charge in [0.1, 0.15) is 6.04 Å². The van der Waals surface area contributed by atoms with Crippen molar-refractivity contribution in [2.45, 2.75) is 25.3 Å². The smallest absolute Gasteiger partial charge is 0.326 e. The number of fused-ring (bicyclic) bond motifs is 1. The summed E-state index contributed by atoms with van der Waals surface area (Å²) in [5.41, 5.74) is 4.38. The van der Waals surface area contributed by atoms with Crippen molar-refractivity contribution in [3.05, 3.63) is 52.6 Å². The number of aromatic amines is 1. The Kier molecular flexibility index (Phi) is 4.90. The number of amides is 1. The molecule has 3 rings (SSSR count). The number of hydrogen-bond donors (Lipinski definition) is 3. The summed E-state index contributed by atoms with van der Waals surface area (Å²) in [4.78, 5) is 30.8. The SMILES string of the molecule is O=C(CCc1cscn1)N[C@@H](Cc1c[nH]c2ccccc12)C(=O)O. The molecule has 1 atom stereocenters. The molecule has 6 nitrogen and oxygen atoms in total. The zero-order valence-electron chi connectivity index (χ0n) is 12.9. The number of para-hydroxylation sites is 1. The van der Waals surface area contributed by atoms with Gasteiger partial charge < -0.3 is 15.4 Å². The number of carbonyl (C=O) groups is 2. The Hall–Kier alpha value is -2.67. The molecule has 0 aliphatic carbocycles.